The summed E-state index contributed by atoms with van der Waals surface area (Å²) in [4.78, 5) is 23.0. The Kier molecular flexibility index (Phi) is 4.79. The van der Waals surface area contributed by atoms with Gasteiger partial charge in [-0.05, 0) is 11.6 Å². The Labute approximate surface area is 98.8 Å². The Bertz CT molecular complexity index is 381. The molecule has 0 bridgehead atoms. The Morgan fingerprint density at radius 1 is 1.50 bits per heavy atom. The van der Waals surface area contributed by atoms with Crippen LogP contribution >= 0.6 is 11.6 Å². The van der Waals surface area contributed by atoms with E-state index >= 15 is 0 Å². The highest BCUT2D eigenvalue weighted by molar-refractivity contribution is 6.31. The quantitative estimate of drug-likeness (QED) is 0.579. The summed E-state index contributed by atoms with van der Waals surface area (Å²) in [7, 11) is 1.28. The van der Waals surface area contributed by atoms with Crippen LogP contribution in [0.1, 0.15) is 5.56 Å². The molecule has 0 heterocycles. The van der Waals surface area contributed by atoms with E-state index in [1.165, 1.54) is 12.0 Å². The van der Waals surface area contributed by atoms with Crippen LogP contribution in [0.15, 0.2) is 24.3 Å². The molecule has 0 unspecified atom stereocenters. The summed E-state index contributed by atoms with van der Waals surface area (Å²) in [6.07, 6.45) is 0.597. The topological polar surface area (TPSA) is 46.6 Å². The number of methoxy groups -OCH3 is 1. The number of carbonyl (C=O) groups is 2. The van der Waals surface area contributed by atoms with E-state index in [0.717, 1.165) is 5.56 Å². The van der Waals surface area contributed by atoms with Crippen molar-refractivity contribution in [3.8, 4) is 0 Å². The van der Waals surface area contributed by atoms with Crippen LogP contribution in [0.4, 0.5) is 0 Å². The highest BCUT2D eigenvalue weighted by Crippen LogP contribution is 2.16. The van der Waals surface area contributed by atoms with Gasteiger partial charge >= 0.3 is 5.97 Å². The van der Waals surface area contributed by atoms with E-state index in [1.807, 2.05) is 6.07 Å². The lowest BCUT2D eigenvalue weighted by Crippen LogP contribution is -2.28. The zero-order chi connectivity index (χ0) is 12.0. The molecule has 0 N–H and O–H groups in total. The summed E-state index contributed by atoms with van der Waals surface area (Å²) in [6.45, 7) is 0.212. The molecular weight excluding hydrogens is 230 g/mol. The molecule has 0 aromatic heterocycles. The number of halogens is 1. The Hall–Kier alpha value is -1.55. The van der Waals surface area contributed by atoms with Crippen molar-refractivity contribution < 1.29 is 14.3 Å². The van der Waals surface area contributed by atoms with Crippen molar-refractivity contribution in [2.24, 2.45) is 0 Å². The lowest BCUT2D eigenvalue weighted by atomic mass is 10.2. The Morgan fingerprint density at radius 3 is 2.75 bits per heavy atom. The van der Waals surface area contributed by atoms with Crippen LogP contribution in [0.5, 0.6) is 0 Å². The Balaban J connectivity index is 2.67. The predicted molar refractivity (Wildman–Crippen MR) is 59.9 cm³/mol. The second kappa shape index (κ2) is 6.12. The highest BCUT2D eigenvalue weighted by Gasteiger charge is 2.10. The van der Waals surface area contributed by atoms with Crippen LogP contribution in [0.3, 0.4) is 0 Å². The minimum absolute atomic E-state index is 0.0782. The molecule has 0 radical (unpaired) electrons. The van der Waals surface area contributed by atoms with E-state index in [2.05, 4.69) is 4.74 Å². The maximum Gasteiger partial charge on any atom is 0.325 e. The van der Waals surface area contributed by atoms with Gasteiger partial charge in [-0.25, -0.2) is 0 Å². The lowest BCUT2D eigenvalue weighted by molar-refractivity contribution is -0.144. The van der Waals surface area contributed by atoms with Crippen LogP contribution in [0.2, 0.25) is 5.02 Å². The van der Waals surface area contributed by atoms with E-state index in [1.54, 1.807) is 18.2 Å². The Morgan fingerprint density at radius 2 is 2.19 bits per heavy atom. The van der Waals surface area contributed by atoms with Gasteiger partial charge in [0.1, 0.15) is 6.54 Å². The minimum Gasteiger partial charge on any atom is -0.468 e. The van der Waals surface area contributed by atoms with Gasteiger partial charge in [-0.15, -0.1) is 0 Å². The molecule has 0 spiro atoms. The fourth-order valence-electron chi connectivity index (χ4n) is 1.21. The number of nitrogens with zero attached hydrogens (tertiary/aromatic N) is 1. The number of ether oxygens (including phenoxy) is 1. The van der Waals surface area contributed by atoms with Crippen molar-refractivity contribution in [1.29, 1.82) is 0 Å². The second-order valence-electron chi connectivity index (χ2n) is 3.18. The second-order valence-corrected chi connectivity index (χ2v) is 3.59. The molecule has 0 atom stereocenters. The summed E-state index contributed by atoms with van der Waals surface area (Å²) in [5, 5.41) is 0.569. The zero-order valence-electron chi connectivity index (χ0n) is 8.85. The van der Waals surface area contributed by atoms with Gasteiger partial charge in [-0.2, -0.15) is 0 Å². The van der Waals surface area contributed by atoms with Crippen molar-refractivity contribution in [1.82, 2.24) is 4.90 Å². The van der Waals surface area contributed by atoms with E-state index < -0.39 is 5.97 Å². The van der Waals surface area contributed by atoms with Gasteiger partial charge in [0.15, 0.2) is 0 Å². The molecule has 0 saturated carbocycles. The largest absolute Gasteiger partial charge is 0.468 e. The van der Waals surface area contributed by atoms with Gasteiger partial charge in [0.25, 0.3) is 0 Å². The first kappa shape index (κ1) is 12.5. The molecule has 1 aromatic carbocycles. The number of rotatable bonds is 5. The van der Waals surface area contributed by atoms with E-state index in [-0.39, 0.29) is 13.1 Å². The maximum atomic E-state index is 11.0. The molecule has 0 aliphatic heterocycles. The first-order valence-corrected chi connectivity index (χ1v) is 5.04. The molecule has 16 heavy (non-hydrogen) atoms. The average molecular weight is 242 g/mol. The molecule has 86 valence electrons. The lowest BCUT2D eigenvalue weighted by Gasteiger charge is -2.16. The van der Waals surface area contributed by atoms with Crippen molar-refractivity contribution in [2.45, 2.75) is 6.54 Å². The van der Waals surface area contributed by atoms with Crippen LogP contribution in [0.25, 0.3) is 0 Å². The number of hydrogen-bond donors (Lipinski definition) is 0. The summed E-state index contributed by atoms with van der Waals surface area (Å²) in [6, 6.07) is 7.16. The highest BCUT2D eigenvalue weighted by atomic mass is 35.5. The van der Waals surface area contributed by atoms with E-state index in [9.17, 15) is 9.59 Å². The standard InChI is InChI=1S/C11H12ClNO3/c1-16-11(15)7-13(8-14)6-9-4-2-3-5-10(9)12/h2-5,8H,6-7H2,1H3. The number of hydrogen-bond acceptors (Lipinski definition) is 3. The molecule has 0 aliphatic carbocycles. The smallest absolute Gasteiger partial charge is 0.325 e. The third kappa shape index (κ3) is 3.55. The first-order valence-electron chi connectivity index (χ1n) is 4.67. The van der Waals surface area contributed by atoms with Gasteiger partial charge in [-0.1, -0.05) is 29.8 Å². The number of amides is 1. The molecular formula is C11H12ClNO3. The SMILES string of the molecule is COC(=O)CN(C=O)Cc1ccccc1Cl. The maximum absolute atomic E-state index is 11.0. The fourth-order valence-corrected chi connectivity index (χ4v) is 1.40. The van der Waals surface area contributed by atoms with Gasteiger partial charge in [0, 0.05) is 11.6 Å². The third-order valence-electron chi connectivity index (χ3n) is 2.04. The summed E-state index contributed by atoms with van der Waals surface area (Å²) in [5.74, 6) is -0.459. The van der Waals surface area contributed by atoms with Crippen LogP contribution < -0.4 is 0 Å². The van der Waals surface area contributed by atoms with Crippen LogP contribution in [-0.4, -0.2) is 30.9 Å². The van der Waals surface area contributed by atoms with Crippen molar-refractivity contribution in [3.05, 3.63) is 34.9 Å². The van der Waals surface area contributed by atoms with Crippen LogP contribution in [-0.2, 0) is 20.9 Å². The van der Waals surface area contributed by atoms with E-state index in [0.29, 0.717) is 11.4 Å². The van der Waals surface area contributed by atoms with E-state index in [4.69, 9.17) is 11.6 Å². The molecule has 4 nitrogen and oxygen atoms in total. The molecule has 1 amide bonds. The monoisotopic (exact) mass is 241 g/mol. The first-order chi connectivity index (χ1) is 7.67. The van der Waals surface area contributed by atoms with Gasteiger partial charge < -0.3 is 9.64 Å². The van der Waals surface area contributed by atoms with Crippen molar-refractivity contribution in [2.75, 3.05) is 13.7 Å². The molecule has 0 fully saturated rings. The predicted octanol–water partition coefficient (Wildman–Crippen LogP) is 1.47. The minimum atomic E-state index is -0.459. The number of esters is 1. The van der Waals surface area contributed by atoms with Gasteiger partial charge in [0.05, 0.1) is 7.11 Å². The number of carbonyl (C=O) groups excluding carboxylic acids is 2. The molecule has 0 aliphatic rings. The van der Waals surface area contributed by atoms with Crippen molar-refractivity contribution >= 4 is 24.0 Å². The molecule has 1 aromatic rings. The molecule has 5 heteroatoms. The molecule has 0 saturated heterocycles. The molecule has 1 rings (SSSR count). The van der Waals surface area contributed by atoms with Crippen molar-refractivity contribution in [3.63, 3.8) is 0 Å². The zero-order valence-corrected chi connectivity index (χ0v) is 9.61. The fraction of sp³-hybridized carbons (Fsp3) is 0.273. The van der Waals surface area contributed by atoms with Gasteiger partial charge in [0.2, 0.25) is 6.41 Å². The number of benzene rings is 1. The summed E-state index contributed by atoms with van der Waals surface area (Å²) < 4.78 is 4.48. The third-order valence-corrected chi connectivity index (χ3v) is 2.41. The summed E-state index contributed by atoms with van der Waals surface area (Å²) in [5.41, 5.74) is 0.792. The van der Waals surface area contributed by atoms with Gasteiger partial charge in [-0.3, -0.25) is 9.59 Å². The average Bonchev–Trinajstić information content (AvgIpc) is 2.30. The normalized spacial score (nSPS) is 9.62. The summed E-state index contributed by atoms with van der Waals surface area (Å²) >= 11 is 5.94. The van der Waals surface area contributed by atoms with Crippen LogP contribution in [0, 0.1) is 0 Å².